The minimum atomic E-state index is -0.349. The first kappa shape index (κ1) is 21.5. The number of nitrogens with zero attached hydrogens (tertiary/aromatic N) is 4. The lowest BCUT2D eigenvalue weighted by molar-refractivity contribution is 0.0761. The maximum Gasteiger partial charge on any atom is 0.293 e. The molecular formula is C23H21FN4O3S. The van der Waals surface area contributed by atoms with Crippen LogP contribution in [0.15, 0.2) is 66.0 Å². The maximum atomic E-state index is 13.4. The number of aromatic nitrogens is 3. The molecule has 0 atom stereocenters. The van der Waals surface area contributed by atoms with Gasteiger partial charge in [0.15, 0.2) is 17.3 Å². The molecule has 0 spiro atoms. The van der Waals surface area contributed by atoms with Crippen LogP contribution in [0.4, 0.5) is 4.39 Å². The monoisotopic (exact) mass is 452 g/mol. The van der Waals surface area contributed by atoms with E-state index >= 15 is 0 Å². The van der Waals surface area contributed by atoms with E-state index in [1.807, 2.05) is 35.7 Å². The number of halogens is 1. The molecule has 4 aromatic rings. The highest BCUT2D eigenvalue weighted by atomic mass is 32.1. The molecule has 0 saturated heterocycles. The lowest BCUT2D eigenvalue weighted by atomic mass is 10.3. The smallest absolute Gasteiger partial charge is 0.293 e. The van der Waals surface area contributed by atoms with Crippen LogP contribution in [0.2, 0.25) is 0 Å². The zero-order chi connectivity index (χ0) is 22.5. The lowest BCUT2D eigenvalue weighted by Gasteiger charge is -2.16. The number of carbonyl (C=O) groups is 1. The number of benzene rings is 2. The van der Waals surface area contributed by atoms with Crippen LogP contribution in [0.1, 0.15) is 10.6 Å². The zero-order valence-electron chi connectivity index (χ0n) is 17.6. The van der Waals surface area contributed by atoms with E-state index in [4.69, 9.17) is 9.47 Å². The van der Waals surface area contributed by atoms with E-state index in [1.165, 1.54) is 28.4 Å². The molecule has 2 aromatic heterocycles. The second-order valence-corrected chi connectivity index (χ2v) is 7.80. The number of thiophene rings is 1. The summed E-state index contributed by atoms with van der Waals surface area (Å²) in [6, 6.07) is 17.0. The van der Waals surface area contributed by atoms with Gasteiger partial charge in [-0.2, -0.15) is 0 Å². The van der Waals surface area contributed by atoms with E-state index in [9.17, 15) is 9.18 Å². The molecule has 9 heteroatoms. The number of hydrogen-bond acceptors (Lipinski definition) is 6. The van der Waals surface area contributed by atoms with E-state index in [0.29, 0.717) is 29.6 Å². The van der Waals surface area contributed by atoms with Crippen molar-refractivity contribution in [2.24, 2.45) is 0 Å². The summed E-state index contributed by atoms with van der Waals surface area (Å²) < 4.78 is 26.0. The largest absolute Gasteiger partial charge is 0.493 e. The molecule has 0 radical (unpaired) electrons. The Bertz CT molecular complexity index is 1190. The molecule has 32 heavy (non-hydrogen) atoms. The molecule has 0 unspecified atom stereocenters. The fraction of sp³-hybridized carbons (Fsp3) is 0.174. The van der Waals surface area contributed by atoms with E-state index in [-0.39, 0.29) is 24.2 Å². The third-order valence-corrected chi connectivity index (χ3v) is 5.58. The highest BCUT2D eigenvalue weighted by Gasteiger charge is 2.22. The quantitative estimate of drug-likeness (QED) is 0.399. The summed E-state index contributed by atoms with van der Waals surface area (Å²) in [5.41, 5.74) is 0.614. The van der Waals surface area contributed by atoms with Crippen LogP contribution in [0.5, 0.6) is 11.5 Å². The fourth-order valence-corrected chi connectivity index (χ4v) is 3.73. The standard InChI is InChI=1S/C23H21FN4O3S/c1-27(13-14-31-19-7-4-3-6-18(19)30-2)23(29)21-25-22(20-8-5-15-32-20)28(26-21)17-11-9-16(24)10-12-17/h3-12,15H,13-14H2,1-2H3. The molecule has 0 bridgehead atoms. The van der Waals surface area contributed by atoms with E-state index < -0.39 is 0 Å². The second kappa shape index (κ2) is 9.61. The minimum absolute atomic E-state index is 0.0533. The Morgan fingerprint density at radius 1 is 1.09 bits per heavy atom. The highest BCUT2D eigenvalue weighted by Crippen LogP contribution is 2.27. The average Bonchev–Trinajstić information content (AvgIpc) is 3.49. The fourth-order valence-electron chi connectivity index (χ4n) is 3.03. The van der Waals surface area contributed by atoms with Crippen molar-refractivity contribution in [3.05, 3.63) is 77.7 Å². The summed E-state index contributed by atoms with van der Waals surface area (Å²) in [6.45, 7) is 0.607. The lowest BCUT2D eigenvalue weighted by Crippen LogP contribution is -2.31. The van der Waals surface area contributed by atoms with Gasteiger partial charge in [-0.05, 0) is 47.8 Å². The molecule has 0 N–H and O–H groups in total. The number of para-hydroxylation sites is 2. The average molecular weight is 453 g/mol. The van der Waals surface area contributed by atoms with Crippen molar-refractivity contribution in [1.29, 1.82) is 0 Å². The molecule has 0 saturated carbocycles. The van der Waals surface area contributed by atoms with Crippen molar-refractivity contribution in [2.45, 2.75) is 0 Å². The summed E-state index contributed by atoms with van der Waals surface area (Å²) in [5, 5.41) is 6.34. The zero-order valence-corrected chi connectivity index (χ0v) is 18.4. The van der Waals surface area contributed by atoms with Crippen molar-refractivity contribution >= 4 is 17.2 Å². The van der Waals surface area contributed by atoms with Gasteiger partial charge in [-0.1, -0.05) is 18.2 Å². The van der Waals surface area contributed by atoms with Gasteiger partial charge in [0.2, 0.25) is 5.82 Å². The van der Waals surface area contributed by atoms with Gasteiger partial charge in [-0.3, -0.25) is 4.79 Å². The summed E-state index contributed by atoms with van der Waals surface area (Å²) >= 11 is 1.48. The first-order valence-electron chi connectivity index (χ1n) is 9.85. The van der Waals surface area contributed by atoms with Gasteiger partial charge in [0, 0.05) is 7.05 Å². The summed E-state index contributed by atoms with van der Waals surface area (Å²) in [4.78, 5) is 19.8. The molecule has 4 rings (SSSR count). The number of rotatable bonds is 8. The van der Waals surface area contributed by atoms with Crippen LogP contribution in [0.25, 0.3) is 16.4 Å². The number of likely N-dealkylation sites (N-methyl/N-ethyl adjacent to an activating group) is 1. The van der Waals surface area contributed by atoms with Gasteiger partial charge in [0.05, 0.1) is 24.2 Å². The van der Waals surface area contributed by atoms with Gasteiger partial charge in [-0.15, -0.1) is 16.4 Å². The van der Waals surface area contributed by atoms with Crippen molar-refractivity contribution in [3.63, 3.8) is 0 Å². The predicted molar refractivity (Wildman–Crippen MR) is 120 cm³/mol. The van der Waals surface area contributed by atoms with Crippen LogP contribution in [-0.2, 0) is 0 Å². The Labute approximate surface area is 188 Å². The first-order chi connectivity index (χ1) is 15.6. The molecule has 0 aliphatic carbocycles. The second-order valence-electron chi connectivity index (χ2n) is 6.85. The number of ether oxygens (including phenoxy) is 2. The third-order valence-electron chi connectivity index (χ3n) is 4.71. The number of methoxy groups -OCH3 is 1. The van der Waals surface area contributed by atoms with Crippen molar-refractivity contribution < 1.29 is 18.7 Å². The third kappa shape index (κ3) is 4.62. The summed E-state index contributed by atoms with van der Waals surface area (Å²) in [6.07, 6.45) is 0. The number of carbonyl (C=O) groups excluding carboxylic acids is 1. The van der Waals surface area contributed by atoms with Crippen LogP contribution in [-0.4, -0.2) is 52.9 Å². The van der Waals surface area contributed by atoms with Crippen molar-refractivity contribution in [2.75, 3.05) is 27.3 Å². The summed E-state index contributed by atoms with van der Waals surface area (Å²) in [5.74, 6) is 1.12. The Morgan fingerprint density at radius 3 is 2.53 bits per heavy atom. The topological polar surface area (TPSA) is 69.5 Å². The Morgan fingerprint density at radius 2 is 1.84 bits per heavy atom. The molecular weight excluding hydrogens is 431 g/mol. The van der Waals surface area contributed by atoms with E-state index in [0.717, 1.165) is 4.88 Å². The highest BCUT2D eigenvalue weighted by molar-refractivity contribution is 7.13. The number of hydrogen-bond donors (Lipinski definition) is 0. The van der Waals surface area contributed by atoms with Crippen LogP contribution in [0.3, 0.4) is 0 Å². The number of amides is 1. The molecule has 1 amide bonds. The van der Waals surface area contributed by atoms with Crippen LogP contribution >= 0.6 is 11.3 Å². The minimum Gasteiger partial charge on any atom is -0.493 e. The van der Waals surface area contributed by atoms with Gasteiger partial charge in [-0.25, -0.2) is 14.1 Å². The van der Waals surface area contributed by atoms with Crippen LogP contribution in [0, 0.1) is 5.82 Å². The van der Waals surface area contributed by atoms with Gasteiger partial charge < -0.3 is 14.4 Å². The Hall–Kier alpha value is -3.72. The van der Waals surface area contributed by atoms with Gasteiger partial charge in [0.25, 0.3) is 5.91 Å². The van der Waals surface area contributed by atoms with E-state index in [1.54, 1.807) is 37.0 Å². The SMILES string of the molecule is COc1ccccc1OCCN(C)C(=O)c1nc(-c2cccs2)n(-c2ccc(F)cc2)n1. The molecule has 0 aliphatic heterocycles. The van der Waals surface area contributed by atoms with Gasteiger partial charge in [0.1, 0.15) is 12.4 Å². The predicted octanol–water partition coefficient (Wildman–Crippen LogP) is 4.29. The molecule has 2 aromatic carbocycles. The normalized spacial score (nSPS) is 10.7. The van der Waals surface area contributed by atoms with E-state index in [2.05, 4.69) is 10.1 Å². The molecule has 2 heterocycles. The Kier molecular flexibility index (Phi) is 6.46. The first-order valence-corrected chi connectivity index (χ1v) is 10.7. The van der Waals surface area contributed by atoms with Crippen molar-refractivity contribution in [1.82, 2.24) is 19.7 Å². The molecule has 164 valence electrons. The molecule has 7 nitrogen and oxygen atoms in total. The van der Waals surface area contributed by atoms with Crippen LogP contribution < -0.4 is 9.47 Å². The molecule has 0 fully saturated rings. The Balaban J connectivity index is 1.51. The van der Waals surface area contributed by atoms with Crippen molar-refractivity contribution in [3.8, 4) is 27.9 Å². The maximum absolute atomic E-state index is 13.4. The van der Waals surface area contributed by atoms with Gasteiger partial charge >= 0.3 is 0 Å². The summed E-state index contributed by atoms with van der Waals surface area (Å²) in [7, 11) is 3.24. The molecule has 0 aliphatic rings.